The van der Waals surface area contributed by atoms with Gasteiger partial charge in [-0.15, -0.1) is 0 Å². The van der Waals surface area contributed by atoms with Crippen molar-refractivity contribution in [2.45, 2.75) is 34.1 Å². The van der Waals surface area contributed by atoms with Gasteiger partial charge in [0.1, 0.15) is 11.3 Å². The summed E-state index contributed by atoms with van der Waals surface area (Å²) < 4.78 is 4.91. The predicted octanol–water partition coefficient (Wildman–Crippen LogP) is 3.67. The Bertz CT molecular complexity index is 570. The molecule has 0 spiro atoms. The number of carbonyl (C=O) groups is 1. The number of nitrogens with zero attached hydrogens (tertiary/aromatic N) is 2. The van der Waals surface area contributed by atoms with Crippen molar-refractivity contribution in [1.29, 1.82) is 0 Å². The molecule has 1 N–H and O–H groups in total. The quantitative estimate of drug-likeness (QED) is 0.370. The van der Waals surface area contributed by atoms with E-state index in [2.05, 4.69) is 31.1 Å². The maximum atomic E-state index is 11.9. The molecule has 1 aromatic rings. The van der Waals surface area contributed by atoms with Gasteiger partial charge in [-0.25, -0.2) is 9.78 Å². The Labute approximate surface area is 134 Å². The van der Waals surface area contributed by atoms with Gasteiger partial charge in [-0.05, 0) is 18.8 Å². The van der Waals surface area contributed by atoms with E-state index in [1.807, 2.05) is 0 Å². The van der Waals surface area contributed by atoms with Crippen LogP contribution in [0.2, 0.25) is 5.15 Å². The number of rotatable bonds is 6. The molecule has 8 heteroatoms. The second kappa shape index (κ2) is 7.40. The number of nitro groups is 1. The molecule has 0 aliphatic rings. The Hall–Kier alpha value is -1.89. The second-order valence-corrected chi connectivity index (χ2v) is 6.26. The standard InChI is InChI=1S/C14H20ClN3O4/c1-5-22-13(19)9-8-17-12(15)11(18(20)21)10(9)16-7-6-14(2,3)4/h8H,5-7H2,1-4H3,(H,16,17). The van der Waals surface area contributed by atoms with E-state index in [-0.39, 0.29) is 28.4 Å². The summed E-state index contributed by atoms with van der Waals surface area (Å²) in [6.07, 6.45) is 1.94. The highest BCUT2D eigenvalue weighted by atomic mass is 35.5. The molecule has 0 aliphatic heterocycles. The SMILES string of the molecule is CCOC(=O)c1cnc(Cl)c([N+](=O)[O-])c1NCCC(C)(C)C. The first kappa shape index (κ1) is 18.2. The van der Waals surface area contributed by atoms with Gasteiger partial charge in [0.25, 0.3) is 0 Å². The molecular weight excluding hydrogens is 310 g/mol. The van der Waals surface area contributed by atoms with Crippen LogP contribution in [0.5, 0.6) is 0 Å². The number of aromatic nitrogens is 1. The van der Waals surface area contributed by atoms with E-state index < -0.39 is 16.6 Å². The van der Waals surface area contributed by atoms with Crippen molar-refractivity contribution in [3.8, 4) is 0 Å². The van der Waals surface area contributed by atoms with E-state index in [0.29, 0.717) is 6.54 Å². The van der Waals surface area contributed by atoms with Crippen molar-refractivity contribution in [2.24, 2.45) is 5.41 Å². The van der Waals surface area contributed by atoms with Gasteiger partial charge in [0.15, 0.2) is 0 Å². The second-order valence-electron chi connectivity index (χ2n) is 5.90. The Morgan fingerprint density at radius 1 is 1.50 bits per heavy atom. The van der Waals surface area contributed by atoms with Crippen molar-refractivity contribution in [2.75, 3.05) is 18.5 Å². The topological polar surface area (TPSA) is 94.4 Å². The van der Waals surface area contributed by atoms with Gasteiger partial charge in [-0.2, -0.15) is 0 Å². The van der Waals surface area contributed by atoms with E-state index in [1.54, 1.807) is 6.92 Å². The van der Waals surface area contributed by atoms with Crippen LogP contribution in [0, 0.1) is 15.5 Å². The zero-order chi connectivity index (χ0) is 16.9. The van der Waals surface area contributed by atoms with Crippen LogP contribution in [0.1, 0.15) is 44.5 Å². The number of esters is 1. The molecule has 0 saturated heterocycles. The number of ether oxygens (including phenoxy) is 1. The van der Waals surface area contributed by atoms with E-state index >= 15 is 0 Å². The van der Waals surface area contributed by atoms with Gasteiger partial charge < -0.3 is 10.1 Å². The van der Waals surface area contributed by atoms with Crippen molar-refractivity contribution in [1.82, 2.24) is 4.98 Å². The first-order chi connectivity index (χ1) is 10.2. The number of hydrogen-bond acceptors (Lipinski definition) is 6. The molecule has 0 aromatic carbocycles. The lowest BCUT2D eigenvalue weighted by molar-refractivity contribution is -0.384. The fourth-order valence-corrected chi connectivity index (χ4v) is 1.96. The van der Waals surface area contributed by atoms with Gasteiger partial charge in [0, 0.05) is 12.7 Å². The molecule has 1 heterocycles. The lowest BCUT2D eigenvalue weighted by Crippen LogP contribution is -2.17. The molecule has 1 rings (SSSR count). The molecule has 0 unspecified atom stereocenters. The van der Waals surface area contributed by atoms with Gasteiger partial charge in [0.05, 0.1) is 11.5 Å². The average Bonchev–Trinajstić information content (AvgIpc) is 2.37. The summed E-state index contributed by atoms with van der Waals surface area (Å²) in [5, 5.41) is 13.9. The molecule has 22 heavy (non-hydrogen) atoms. The van der Waals surface area contributed by atoms with Crippen molar-refractivity contribution >= 4 is 28.9 Å². The molecule has 0 atom stereocenters. The summed E-state index contributed by atoms with van der Waals surface area (Å²) in [5.74, 6) is -0.673. The third kappa shape index (κ3) is 4.84. The van der Waals surface area contributed by atoms with Crippen molar-refractivity contribution in [3.63, 3.8) is 0 Å². The van der Waals surface area contributed by atoms with E-state index in [4.69, 9.17) is 16.3 Å². The van der Waals surface area contributed by atoms with Crippen molar-refractivity contribution < 1.29 is 14.5 Å². The number of nitrogens with one attached hydrogen (secondary N) is 1. The van der Waals surface area contributed by atoms with Crippen LogP contribution >= 0.6 is 11.6 Å². The van der Waals surface area contributed by atoms with Gasteiger partial charge in [-0.3, -0.25) is 10.1 Å². The highest BCUT2D eigenvalue weighted by molar-refractivity contribution is 6.32. The number of hydrogen-bond donors (Lipinski definition) is 1. The average molecular weight is 330 g/mol. The zero-order valence-corrected chi connectivity index (χ0v) is 13.9. The van der Waals surface area contributed by atoms with Crippen LogP contribution in [0.3, 0.4) is 0 Å². The molecule has 0 bridgehead atoms. The molecule has 7 nitrogen and oxygen atoms in total. The third-order valence-electron chi connectivity index (χ3n) is 2.86. The fraction of sp³-hybridized carbons (Fsp3) is 0.571. The Morgan fingerprint density at radius 3 is 2.64 bits per heavy atom. The van der Waals surface area contributed by atoms with Gasteiger partial charge in [-0.1, -0.05) is 32.4 Å². The molecule has 122 valence electrons. The summed E-state index contributed by atoms with van der Waals surface area (Å²) in [6.45, 7) is 8.43. The smallest absolute Gasteiger partial charge is 0.342 e. The monoisotopic (exact) mass is 329 g/mol. The summed E-state index contributed by atoms with van der Waals surface area (Å²) >= 11 is 5.80. The lowest BCUT2D eigenvalue weighted by atomic mass is 9.92. The minimum atomic E-state index is -0.673. The maximum Gasteiger partial charge on any atom is 0.342 e. The van der Waals surface area contributed by atoms with Gasteiger partial charge >= 0.3 is 11.7 Å². The van der Waals surface area contributed by atoms with E-state index in [1.165, 1.54) is 6.20 Å². The first-order valence-corrected chi connectivity index (χ1v) is 7.29. The summed E-state index contributed by atoms with van der Waals surface area (Å²) in [4.78, 5) is 26.2. The molecule has 0 aliphatic carbocycles. The molecule has 0 amide bonds. The van der Waals surface area contributed by atoms with Crippen LogP contribution in [-0.4, -0.2) is 29.0 Å². The maximum absolute atomic E-state index is 11.9. The minimum absolute atomic E-state index is 0.00635. The number of anilines is 1. The van der Waals surface area contributed by atoms with E-state index in [0.717, 1.165) is 6.42 Å². The lowest BCUT2D eigenvalue weighted by Gasteiger charge is -2.19. The normalized spacial score (nSPS) is 11.1. The van der Waals surface area contributed by atoms with Crippen LogP contribution in [0.15, 0.2) is 6.20 Å². The highest BCUT2D eigenvalue weighted by Crippen LogP contribution is 2.34. The summed E-state index contributed by atoms with van der Waals surface area (Å²) in [6, 6.07) is 0. The number of pyridine rings is 1. The summed E-state index contributed by atoms with van der Waals surface area (Å²) in [5.41, 5.74) is -0.316. The van der Waals surface area contributed by atoms with Crippen LogP contribution in [0.25, 0.3) is 0 Å². The molecule has 0 saturated carbocycles. The Balaban J connectivity index is 3.19. The van der Waals surface area contributed by atoms with Crippen LogP contribution < -0.4 is 5.32 Å². The largest absolute Gasteiger partial charge is 0.462 e. The van der Waals surface area contributed by atoms with Crippen LogP contribution in [0.4, 0.5) is 11.4 Å². The Kier molecular flexibility index (Phi) is 6.11. The highest BCUT2D eigenvalue weighted by Gasteiger charge is 2.27. The number of carbonyl (C=O) groups excluding carboxylic acids is 1. The minimum Gasteiger partial charge on any atom is -0.462 e. The molecular formula is C14H20ClN3O4. The first-order valence-electron chi connectivity index (χ1n) is 6.91. The molecule has 0 radical (unpaired) electrons. The van der Waals surface area contributed by atoms with Crippen molar-refractivity contribution in [3.05, 3.63) is 27.0 Å². The molecule has 1 aromatic heterocycles. The van der Waals surface area contributed by atoms with E-state index in [9.17, 15) is 14.9 Å². The third-order valence-corrected chi connectivity index (χ3v) is 3.14. The van der Waals surface area contributed by atoms with Crippen LogP contribution in [-0.2, 0) is 4.74 Å². The summed E-state index contributed by atoms with van der Waals surface area (Å²) in [7, 11) is 0. The Morgan fingerprint density at radius 2 is 2.14 bits per heavy atom. The van der Waals surface area contributed by atoms with Gasteiger partial charge in [0.2, 0.25) is 5.15 Å². The molecule has 0 fully saturated rings. The zero-order valence-electron chi connectivity index (χ0n) is 13.1. The fourth-order valence-electron chi connectivity index (χ4n) is 1.75. The predicted molar refractivity (Wildman–Crippen MR) is 84.4 cm³/mol. The number of halogens is 1.